The third kappa shape index (κ3) is 5.62. The zero-order valence-corrected chi connectivity index (χ0v) is 12.3. The minimum Gasteiger partial charge on any atom is -0.496 e. The van der Waals surface area contributed by atoms with Gasteiger partial charge in [-0.2, -0.15) is 0 Å². The van der Waals surface area contributed by atoms with Gasteiger partial charge < -0.3 is 14.6 Å². The van der Waals surface area contributed by atoms with Crippen LogP contribution in [0.3, 0.4) is 0 Å². The summed E-state index contributed by atoms with van der Waals surface area (Å²) in [6.45, 7) is 5.28. The summed E-state index contributed by atoms with van der Waals surface area (Å²) in [6, 6.07) is 5.72. The van der Waals surface area contributed by atoms with Crippen molar-refractivity contribution in [2.45, 2.75) is 52.2 Å². The summed E-state index contributed by atoms with van der Waals surface area (Å²) in [5, 5.41) is 9.60. The monoisotopic (exact) mass is 266 g/mol. The molecule has 108 valence electrons. The third-order valence-electron chi connectivity index (χ3n) is 3.19. The Morgan fingerprint density at radius 1 is 1.21 bits per heavy atom. The van der Waals surface area contributed by atoms with Gasteiger partial charge in [0.15, 0.2) is 0 Å². The van der Waals surface area contributed by atoms with Crippen molar-refractivity contribution in [3.8, 4) is 5.75 Å². The van der Waals surface area contributed by atoms with E-state index in [1.807, 2.05) is 18.2 Å². The first kappa shape index (κ1) is 16.0. The molecule has 0 aliphatic rings. The van der Waals surface area contributed by atoms with Gasteiger partial charge in [-0.3, -0.25) is 0 Å². The Kier molecular flexibility index (Phi) is 7.53. The highest BCUT2D eigenvalue weighted by Crippen LogP contribution is 2.24. The fraction of sp³-hybridized carbons (Fsp3) is 0.625. The van der Waals surface area contributed by atoms with Gasteiger partial charge in [0.25, 0.3) is 0 Å². The number of unbranched alkanes of at least 4 members (excludes halogenated alkanes) is 3. The van der Waals surface area contributed by atoms with E-state index in [-0.39, 0.29) is 0 Å². The lowest BCUT2D eigenvalue weighted by molar-refractivity contribution is 0.114. The van der Waals surface area contributed by atoms with Gasteiger partial charge in [-0.15, -0.1) is 0 Å². The van der Waals surface area contributed by atoms with Crippen molar-refractivity contribution >= 4 is 0 Å². The predicted molar refractivity (Wildman–Crippen MR) is 77.4 cm³/mol. The van der Waals surface area contributed by atoms with E-state index in [0.29, 0.717) is 6.61 Å². The van der Waals surface area contributed by atoms with Gasteiger partial charge in [0.2, 0.25) is 0 Å². The van der Waals surface area contributed by atoms with Crippen molar-refractivity contribution in [3.05, 3.63) is 29.3 Å². The van der Waals surface area contributed by atoms with Gasteiger partial charge in [0, 0.05) is 12.2 Å². The number of benzene rings is 1. The zero-order valence-electron chi connectivity index (χ0n) is 12.3. The first-order valence-corrected chi connectivity index (χ1v) is 7.11. The molecule has 3 heteroatoms. The van der Waals surface area contributed by atoms with E-state index in [0.717, 1.165) is 29.9 Å². The molecule has 1 aromatic rings. The summed E-state index contributed by atoms with van der Waals surface area (Å²) in [7, 11) is 1.65. The molecule has 0 saturated heterocycles. The van der Waals surface area contributed by atoms with Crippen molar-refractivity contribution in [1.29, 1.82) is 0 Å². The molecule has 0 radical (unpaired) electrons. The Morgan fingerprint density at radius 3 is 2.63 bits per heavy atom. The maximum Gasteiger partial charge on any atom is 0.124 e. The van der Waals surface area contributed by atoms with Gasteiger partial charge in [0.05, 0.1) is 19.8 Å². The highest BCUT2D eigenvalue weighted by molar-refractivity contribution is 5.37. The van der Waals surface area contributed by atoms with E-state index in [2.05, 4.69) is 6.92 Å². The largest absolute Gasteiger partial charge is 0.496 e. The van der Waals surface area contributed by atoms with Crippen LogP contribution in [0.2, 0.25) is 0 Å². The Morgan fingerprint density at radius 2 is 2.00 bits per heavy atom. The molecular formula is C16H26O3. The maximum atomic E-state index is 9.60. The van der Waals surface area contributed by atoms with E-state index in [9.17, 15) is 5.11 Å². The normalized spacial score (nSPS) is 12.4. The van der Waals surface area contributed by atoms with E-state index < -0.39 is 6.10 Å². The molecule has 19 heavy (non-hydrogen) atoms. The second-order valence-corrected chi connectivity index (χ2v) is 4.86. The minimum absolute atomic E-state index is 0.464. The summed E-state index contributed by atoms with van der Waals surface area (Å²) < 4.78 is 11.0. The fourth-order valence-corrected chi connectivity index (χ4v) is 1.98. The number of hydrogen-bond acceptors (Lipinski definition) is 3. The molecule has 1 atom stereocenters. The van der Waals surface area contributed by atoms with Crippen LogP contribution in [0.1, 0.15) is 56.8 Å². The topological polar surface area (TPSA) is 38.7 Å². The maximum absolute atomic E-state index is 9.60. The summed E-state index contributed by atoms with van der Waals surface area (Å²) in [5.41, 5.74) is 1.89. The molecule has 3 nitrogen and oxygen atoms in total. The van der Waals surface area contributed by atoms with Crippen LogP contribution in [-0.2, 0) is 11.3 Å². The van der Waals surface area contributed by atoms with Crippen molar-refractivity contribution in [2.24, 2.45) is 0 Å². The molecule has 1 rings (SSSR count). The second kappa shape index (κ2) is 8.94. The Hall–Kier alpha value is -1.06. The molecule has 1 N–H and O–H groups in total. The molecule has 0 spiro atoms. The smallest absolute Gasteiger partial charge is 0.124 e. The summed E-state index contributed by atoms with van der Waals surface area (Å²) in [6.07, 6.45) is 4.37. The standard InChI is InChI=1S/C16H26O3/c1-4-5-6-7-10-19-12-15-11-14(13(2)17)8-9-16(15)18-3/h8-9,11,13,17H,4-7,10,12H2,1-3H3. The van der Waals surface area contributed by atoms with Crippen molar-refractivity contribution in [1.82, 2.24) is 0 Å². The predicted octanol–water partition coefficient (Wildman–Crippen LogP) is 3.85. The van der Waals surface area contributed by atoms with Crippen LogP contribution in [0, 0.1) is 0 Å². The van der Waals surface area contributed by atoms with Crippen LogP contribution >= 0.6 is 0 Å². The van der Waals surface area contributed by atoms with Crippen LogP contribution in [0.25, 0.3) is 0 Å². The molecular weight excluding hydrogens is 240 g/mol. The molecule has 0 amide bonds. The van der Waals surface area contributed by atoms with Crippen LogP contribution in [-0.4, -0.2) is 18.8 Å². The number of aliphatic hydroxyl groups excluding tert-OH is 1. The lowest BCUT2D eigenvalue weighted by Gasteiger charge is -2.12. The van der Waals surface area contributed by atoms with Gasteiger partial charge in [-0.05, 0) is 31.0 Å². The average Bonchev–Trinajstić information content (AvgIpc) is 2.42. The Balaban J connectivity index is 2.48. The van der Waals surface area contributed by atoms with Crippen molar-refractivity contribution in [2.75, 3.05) is 13.7 Å². The van der Waals surface area contributed by atoms with E-state index >= 15 is 0 Å². The number of ether oxygens (including phenoxy) is 2. The fourth-order valence-electron chi connectivity index (χ4n) is 1.98. The van der Waals surface area contributed by atoms with Crippen LogP contribution in [0.5, 0.6) is 5.75 Å². The number of aliphatic hydroxyl groups is 1. The highest BCUT2D eigenvalue weighted by atomic mass is 16.5. The molecule has 1 unspecified atom stereocenters. The molecule has 0 fully saturated rings. The summed E-state index contributed by atoms with van der Waals surface area (Å²) in [4.78, 5) is 0. The van der Waals surface area contributed by atoms with Gasteiger partial charge in [-0.1, -0.05) is 32.3 Å². The Labute approximate surface area is 116 Å². The average molecular weight is 266 g/mol. The van der Waals surface area contributed by atoms with Gasteiger partial charge in [-0.25, -0.2) is 0 Å². The zero-order chi connectivity index (χ0) is 14.1. The number of methoxy groups -OCH3 is 1. The van der Waals surface area contributed by atoms with E-state index in [4.69, 9.17) is 9.47 Å². The van der Waals surface area contributed by atoms with Crippen LogP contribution < -0.4 is 4.74 Å². The molecule has 0 aliphatic carbocycles. The minimum atomic E-state index is -0.464. The van der Waals surface area contributed by atoms with E-state index in [1.54, 1.807) is 14.0 Å². The SMILES string of the molecule is CCCCCCOCc1cc(C(C)O)ccc1OC. The molecule has 0 aromatic heterocycles. The van der Waals surface area contributed by atoms with Crippen LogP contribution in [0.15, 0.2) is 18.2 Å². The first-order chi connectivity index (χ1) is 9.19. The highest BCUT2D eigenvalue weighted by Gasteiger charge is 2.07. The van der Waals surface area contributed by atoms with Crippen molar-refractivity contribution in [3.63, 3.8) is 0 Å². The molecule has 0 bridgehead atoms. The molecule has 0 heterocycles. The van der Waals surface area contributed by atoms with E-state index in [1.165, 1.54) is 19.3 Å². The Bertz CT molecular complexity index is 361. The second-order valence-electron chi connectivity index (χ2n) is 4.86. The van der Waals surface area contributed by atoms with Gasteiger partial charge >= 0.3 is 0 Å². The summed E-state index contributed by atoms with van der Waals surface area (Å²) in [5.74, 6) is 0.818. The first-order valence-electron chi connectivity index (χ1n) is 7.11. The van der Waals surface area contributed by atoms with Crippen LogP contribution in [0.4, 0.5) is 0 Å². The lowest BCUT2D eigenvalue weighted by Crippen LogP contribution is -2.01. The number of rotatable bonds is 9. The van der Waals surface area contributed by atoms with Crippen molar-refractivity contribution < 1.29 is 14.6 Å². The quantitative estimate of drug-likeness (QED) is 0.690. The molecule has 1 aromatic carbocycles. The van der Waals surface area contributed by atoms with Gasteiger partial charge in [0.1, 0.15) is 5.75 Å². The lowest BCUT2D eigenvalue weighted by atomic mass is 10.1. The summed E-state index contributed by atoms with van der Waals surface area (Å²) >= 11 is 0. The molecule has 0 aliphatic heterocycles. The number of hydrogen-bond donors (Lipinski definition) is 1. The molecule has 0 saturated carbocycles. The third-order valence-corrected chi connectivity index (χ3v) is 3.19.